The van der Waals surface area contributed by atoms with Gasteiger partial charge in [-0.2, -0.15) is 0 Å². The molecule has 0 saturated carbocycles. The van der Waals surface area contributed by atoms with Crippen molar-refractivity contribution >= 4 is 29.4 Å². The van der Waals surface area contributed by atoms with E-state index in [-0.39, 0.29) is 24.1 Å². The molecule has 8 heteroatoms. The number of carbonyl (C=O) groups is 2. The molecule has 0 radical (unpaired) electrons. The Morgan fingerprint density at radius 3 is 2.65 bits per heavy atom. The molecular formula is C26H19ClO7. The van der Waals surface area contributed by atoms with Gasteiger partial charge in [-0.25, -0.2) is 4.79 Å². The summed E-state index contributed by atoms with van der Waals surface area (Å²) >= 11 is 6.23. The molecule has 0 aromatic heterocycles. The first kappa shape index (κ1) is 22.0. The number of halogens is 1. The third-order valence-electron chi connectivity index (χ3n) is 5.47. The summed E-state index contributed by atoms with van der Waals surface area (Å²) < 4.78 is 27.4. The fourth-order valence-corrected chi connectivity index (χ4v) is 4.14. The Kier molecular flexibility index (Phi) is 5.73. The number of fused-ring (bicyclic) bond motifs is 2. The maximum Gasteiger partial charge on any atom is 0.343 e. The minimum Gasteiger partial charge on any atom is -0.497 e. The topological polar surface area (TPSA) is 80.3 Å². The van der Waals surface area contributed by atoms with Gasteiger partial charge in [-0.05, 0) is 61.0 Å². The molecular weight excluding hydrogens is 460 g/mol. The van der Waals surface area contributed by atoms with Crippen LogP contribution in [0.3, 0.4) is 0 Å². The summed E-state index contributed by atoms with van der Waals surface area (Å²) in [6, 6.07) is 13.2. The van der Waals surface area contributed by atoms with Gasteiger partial charge in [0, 0.05) is 22.2 Å². The summed E-state index contributed by atoms with van der Waals surface area (Å²) in [6.07, 6.45) is 1.60. The highest BCUT2D eigenvalue weighted by atomic mass is 35.5. The predicted octanol–water partition coefficient (Wildman–Crippen LogP) is 5.36. The van der Waals surface area contributed by atoms with Gasteiger partial charge in [0.15, 0.2) is 12.6 Å². The first-order chi connectivity index (χ1) is 16.4. The van der Waals surface area contributed by atoms with Gasteiger partial charge in [0.1, 0.15) is 23.0 Å². The number of hydrogen-bond acceptors (Lipinski definition) is 7. The molecule has 7 nitrogen and oxygen atoms in total. The van der Waals surface area contributed by atoms with E-state index in [2.05, 4.69) is 0 Å². The van der Waals surface area contributed by atoms with Crippen molar-refractivity contribution in [3.8, 4) is 23.0 Å². The zero-order valence-corrected chi connectivity index (χ0v) is 19.1. The molecule has 5 rings (SSSR count). The van der Waals surface area contributed by atoms with E-state index in [0.717, 1.165) is 5.56 Å². The van der Waals surface area contributed by atoms with Crippen molar-refractivity contribution in [2.24, 2.45) is 0 Å². The summed E-state index contributed by atoms with van der Waals surface area (Å²) in [5, 5.41) is 0.492. The summed E-state index contributed by atoms with van der Waals surface area (Å²) in [5.41, 5.74) is 2.81. The van der Waals surface area contributed by atoms with Crippen molar-refractivity contribution in [3.63, 3.8) is 0 Å². The van der Waals surface area contributed by atoms with Crippen LogP contribution in [0.2, 0.25) is 5.02 Å². The number of ketones is 1. The van der Waals surface area contributed by atoms with Crippen LogP contribution in [0.25, 0.3) is 6.08 Å². The Balaban J connectivity index is 1.42. The summed E-state index contributed by atoms with van der Waals surface area (Å²) in [5.74, 6) is 1.13. The summed E-state index contributed by atoms with van der Waals surface area (Å²) in [6.45, 7) is 2.24. The normalized spacial score (nSPS) is 15.3. The lowest BCUT2D eigenvalue weighted by molar-refractivity contribution is -0.0165. The number of aryl methyl sites for hydroxylation is 1. The molecule has 3 aromatic rings. The van der Waals surface area contributed by atoms with Crippen LogP contribution >= 0.6 is 11.6 Å². The van der Waals surface area contributed by atoms with E-state index < -0.39 is 5.97 Å². The van der Waals surface area contributed by atoms with E-state index in [0.29, 0.717) is 51.1 Å². The second-order valence-electron chi connectivity index (χ2n) is 7.77. The van der Waals surface area contributed by atoms with Crippen LogP contribution in [-0.4, -0.2) is 25.7 Å². The van der Waals surface area contributed by atoms with Crippen molar-refractivity contribution in [2.45, 2.75) is 13.5 Å². The molecule has 0 N–H and O–H groups in total. The predicted molar refractivity (Wildman–Crippen MR) is 124 cm³/mol. The number of hydrogen-bond donors (Lipinski definition) is 0. The van der Waals surface area contributed by atoms with E-state index in [1.165, 1.54) is 6.07 Å². The van der Waals surface area contributed by atoms with E-state index >= 15 is 0 Å². The van der Waals surface area contributed by atoms with E-state index in [9.17, 15) is 9.59 Å². The lowest BCUT2D eigenvalue weighted by Crippen LogP contribution is -2.12. The Morgan fingerprint density at radius 2 is 1.88 bits per heavy atom. The van der Waals surface area contributed by atoms with Crippen LogP contribution in [0.4, 0.5) is 0 Å². The molecule has 0 fully saturated rings. The fraction of sp³-hybridized carbons (Fsp3) is 0.154. The number of benzene rings is 3. The summed E-state index contributed by atoms with van der Waals surface area (Å²) in [7, 11) is 1.55. The zero-order chi connectivity index (χ0) is 23.8. The average molecular weight is 479 g/mol. The van der Waals surface area contributed by atoms with Crippen LogP contribution in [0.1, 0.15) is 37.4 Å². The lowest BCUT2D eigenvalue weighted by atomic mass is 10.0. The monoisotopic (exact) mass is 478 g/mol. The van der Waals surface area contributed by atoms with Gasteiger partial charge in [0.05, 0.1) is 24.8 Å². The van der Waals surface area contributed by atoms with Gasteiger partial charge >= 0.3 is 5.97 Å². The second-order valence-corrected chi connectivity index (χ2v) is 8.20. The van der Waals surface area contributed by atoms with Crippen molar-refractivity contribution in [1.82, 2.24) is 0 Å². The van der Waals surface area contributed by atoms with E-state index in [4.69, 9.17) is 35.3 Å². The molecule has 3 aromatic carbocycles. The van der Waals surface area contributed by atoms with E-state index in [1.807, 2.05) is 0 Å². The van der Waals surface area contributed by atoms with Crippen LogP contribution < -0.4 is 18.9 Å². The smallest absolute Gasteiger partial charge is 0.343 e. The maximum atomic E-state index is 13.1. The minimum absolute atomic E-state index is 0.113. The molecule has 0 bridgehead atoms. The van der Waals surface area contributed by atoms with Crippen LogP contribution in [0.15, 0.2) is 54.3 Å². The molecule has 34 heavy (non-hydrogen) atoms. The average Bonchev–Trinajstić information content (AvgIpc) is 3.14. The Morgan fingerprint density at radius 1 is 1.09 bits per heavy atom. The quantitative estimate of drug-likeness (QED) is 0.284. The second kappa shape index (κ2) is 8.85. The Hall–Kier alpha value is -3.81. The first-order valence-corrected chi connectivity index (χ1v) is 10.8. The maximum absolute atomic E-state index is 13.1. The standard InChI is InChI=1S/C26H19ClO7/c1-14-7-20(33-26(29)15-3-5-19(30-2)6-4-15)11-21-23(14)24(28)22(34-21)10-16-8-18(27)9-17-12-31-13-32-25(16)17/h3-11H,12-13H2,1-2H3/b22-10-. The molecule has 0 amide bonds. The molecule has 0 saturated heterocycles. The van der Waals surface area contributed by atoms with Crippen LogP contribution in [-0.2, 0) is 11.3 Å². The number of carbonyl (C=O) groups excluding carboxylic acids is 2. The largest absolute Gasteiger partial charge is 0.497 e. The van der Waals surface area contributed by atoms with Crippen molar-refractivity contribution in [3.05, 3.63) is 87.1 Å². The number of ether oxygens (including phenoxy) is 5. The van der Waals surface area contributed by atoms with Crippen molar-refractivity contribution in [1.29, 1.82) is 0 Å². The van der Waals surface area contributed by atoms with Crippen LogP contribution in [0, 0.1) is 6.92 Å². The van der Waals surface area contributed by atoms with E-state index in [1.54, 1.807) is 62.6 Å². The Labute approximate surface area is 200 Å². The van der Waals surface area contributed by atoms with Crippen molar-refractivity contribution in [2.75, 3.05) is 13.9 Å². The number of allylic oxidation sites excluding steroid dienone is 1. The number of Topliss-reactive ketones (excluding diaryl/α,β-unsaturated/α-hetero) is 1. The highest BCUT2D eigenvalue weighted by Gasteiger charge is 2.31. The summed E-state index contributed by atoms with van der Waals surface area (Å²) in [4.78, 5) is 25.6. The third kappa shape index (κ3) is 4.11. The van der Waals surface area contributed by atoms with Gasteiger partial charge in [-0.15, -0.1) is 0 Å². The minimum atomic E-state index is -0.535. The molecule has 2 aliphatic rings. The molecule has 0 unspecified atom stereocenters. The van der Waals surface area contributed by atoms with Gasteiger partial charge in [-0.1, -0.05) is 11.6 Å². The number of rotatable bonds is 4. The zero-order valence-electron chi connectivity index (χ0n) is 18.3. The number of methoxy groups -OCH3 is 1. The van der Waals surface area contributed by atoms with Crippen molar-refractivity contribution < 1.29 is 33.3 Å². The fourth-order valence-electron chi connectivity index (χ4n) is 3.89. The lowest BCUT2D eigenvalue weighted by Gasteiger charge is -2.20. The SMILES string of the molecule is COc1ccc(C(=O)Oc2cc(C)c3c(c2)O/C(=C\c2cc(Cl)cc4c2OCOC4)C3=O)cc1. The molecule has 0 atom stereocenters. The van der Waals surface area contributed by atoms with Crippen LogP contribution in [0.5, 0.6) is 23.0 Å². The molecule has 2 aliphatic heterocycles. The molecule has 2 heterocycles. The Bertz CT molecular complexity index is 1340. The van der Waals surface area contributed by atoms with Gasteiger partial charge in [0.2, 0.25) is 5.78 Å². The third-order valence-corrected chi connectivity index (χ3v) is 5.69. The highest BCUT2D eigenvalue weighted by Crippen LogP contribution is 2.39. The van der Waals surface area contributed by atoms with Gasteiger partial charge in [-0.3, -0.25) is 4.79 Å². The first-order valence-electron chi connectivity index (χ1n) is 10.4. The van der Waals surface area contributed by atoms with Gasteiger partial charge in [0.25, 0.3) is 0 Å². The molecule has 0 aliphatic carbocycles. The number of esters is 1. The highest BCUT2D eigenvalue weighted by molar-refractivity contribution is 6.31. The molecule has 0 spiro atoms. The molecule has 172 valence electrons. The van der Waals surface area contributed by atoms with Gasteiger partial charge < -0.3 is 23.7 Å².